The van der Waals surface area contributed by atoms with Gasteiger partial charge >= 0.3 is 0 Å². The molecule has 2 aliphatic heterocycles. The largest absolute Gasteiger partial charge is 0.370 e. The summed E-state index contributed by atoms with van der Waals surface area (Å²) in [5, 5.41) is 3.57. The Morgan fingerprint density at radius 1 is 1.14 bits per heavy atom. The Balaban J connectivity index is 1.58. The van der Waals surface area contributed by atoms with Crippen LogP contribution in [0, 0.1) is 5.41 Å². The van der Waals surface area contributed by atoms with E-state index in [9.17, 15) is 0 Å². The number of rotatable bonds is 2. The van der Waals surface area contributed by atoms with Crippen molar-refractivity contribution in [1.82, 2.24) is 10.2 Å². The van der Waals surface area contributed by atoms with Crippen LogP contribution in [0.5, 0.6) is 0 Å². The number of ether oxygens (including phenoxy) is 1. The lowest BCUT2D eigenvalue weighted by molar-refractivity contribution is -0.0803. The zero-order chi connectivity index (χ0) is 14.9. The molecule has 122 valence electrons. The van der Waals surface area contributed by atoms with Gasteiger partial charge in [-0.25, -0.2) is 0 Å². The normalized spacial score (nSPS) is 34.4. The number of hydrogen-bond acceptors (Lipinski definition) is 3. The molecular formula is C18H34N2O. The summed E-state index contributed by atoms with van der Waals surface area (Å²) in [5.41, 5.74) is 0.614. The maximum atomic E-state index is 6.59. The second-order valence-corrected chi connectivity index (χ2v) is 8.60. The first kappa shape index (κ1) is 15.8. The van der Waals surface area contributed by atoms with Gasteiger partial charge in [-0.3, -0.25) is 4.90 Å². The average Bonchev–Trinajstić information content (AvgIpc) is 2.81. The number of piperazine rings is 1. The standard InChI is InChI=1S/C18H34N2O/c1-17(2,3)16-13-19-11-12-20(16)14-15-7-10-18(21-15)8-5-4-6-9-18/h15-16,19H,4-14H2,1-3H3. The second kappa shape index (κ2) is 6.17. The Morgan fingerprint density at radius 3 is 2.62 bits per heavy atom. The molecule has 1 saturated carbocycles. The minimum absolute atomic E-state index is 0.272. The molecule has 2 heterocycles. The smallest absolute Gasteiger partial charge is 0.0710 e. The topological polar surface area (TPSA) is 24.5 Å². The highest BCUT2D eigenvalue weighted by Crippen LogP contribution is 2.42. The van der Waals surface area contributed by atoms with Crippen molar-refractivity contribution >= 4 is 0 Å². The van der Waals surface area contributed by atoms with Crippen LogP contribution in [0.4, 0.5) is 0 Å². The van der Waals surface area contributed by atoms with E-state index < -0.39 is 0 Å². The summed E-state index contributed by atoms with van der Waals surface area (Å²) in [6.07, 6.45) is 9.87. The van der Waals surface area contributed by atoms with E-state index in [1.165, 1.54) is 51.5 Å². The van der Waals surface area contributed by atoms with Gasteiger partial charge in [-0.1, -0.05) is 40.0 Å². The van der Waals surface area contributed by atoms with Crippen molar-refractivity contribution < 1.29 is 4.74 Å². The van der Waals surface area contributed by atoms with Gasteiger partial charge in [0.15, 0.2) is 0 Å². The first-order valence-electron chi connectivity index (χ1n) is 9.11. The zero-order valence-corrected chi connectivity index (χ0v) is 14.3. The molecule has 3 aliphatic rings. The summed E-state index contributed by atoms with van der Waals surface area (Å²) in [5.74, 6) is 0. The molecule has 2 unspecified atom stereocenters. The first-order valence-corrected chi connectivity index (χ1v) is 9.11. The summed E-state index contributed by atoms with van der Waals surface area (Å²) in [7, 11) is 0. The van der Waals surface area contributed by atoms with Crippen LogP contribution in [0.1, 0.15) is 65.7 Å². The van der Waals surface area contributed by atoms with Crippen molar-refractivity contribution in [3.8, 4) is 0 Å². The Labute approximate surface area is 130 Å². The molecule has 0 bridgehead atoms. The van der Waals surface area contributed by atoms with Gasteiger partial charge in [-0.2, -0.15) is 0 Å². The lowest BCUT2D eigenvalue weighted by atomic mass is 9.83. The molecule has 0 aromatic carbocycles. The van der Waals surface area contributed by atoms with E-state index >= 15 is 0 Å². The van der Waals surface area contributed by atoms with Crippen LogP contribution < -0.4 is 5.32 Å². The van der Waals surface area contributed by atoms with E-state index in [1.807, 2.05) is 0 Å². The van der Waals surface area contributed by atoms with Crippen LogP contribution >= 0.6 is 0 Å². The molecule has 21 heavy (non-hydrogen) atoms. The molecule has 3 rings (SSSR count). The quantitative estimate of drug-likeness (QED) is 0.846. The average molecular weight is 294 g/mol. The van der Waals surface area contributed by atoms with Crippen molar-refractivity contribution in [2.24, 2.45) is 5.41 Å². The lowest BCUT2D eigenvalue weighted by Gasteiger charge is -2.44. The Bertz CT molecular complexity index is 344. The molecule has 2 saturated heterocycles. The lowest BCUT2D eigenvalue weighted by Crippen LogP contribution is -2.58. The summed E-state index contributed by atoms with van der Waals surface area (Å²) < 4.78 is 6.59. The molecule has 1 N–H and O–H groups in total. The predicted octanol–water partition coefficient (Wildman–Crippen LogP) is 3.19. The van der Waals surface area contributed by atoms with Crippen molar-refractivity contribution in [3.05, 3.63) is 0 Å². The van der Waals surface area contributed by atoms with Crippen molar-refractivity contribution in [2.75, 3.05) is 26.2 Å². The Morgan fingerprint density at radius 2 is 1.90 bits per heavy atom. The zero-order valence-electron chi connectivity index (χ0n) is 14.3. The van der Waals surface area contributed by atoms with E-state index in [0.29, 0.717) is 17.6 Å². The predicted molar refractivity (Wildman–Crippen MR) is 87.6 cm³/mol. The molecule has 1 aliphatic carbocycles. The van der Waals surface area contributed by atoms with Crippen LogP contribution in [0.15, 0.2) is 0 Å². The molecule has 3 nitrogen and oxygen atoms in total. The van der Waals surface area contributed by atoms with Crippen molar-refractivity contribution in [2.45, 2.75) is 83.5 Å². The maximum Gasteiger partial charge on any atom is 0.0710 e. The van der Waals surface area contributed by atoms with E-state index in [0.717, 1.165) is 19.6 Å². The highest BCUT2D eigenvalue weighted by molar-refractivity contribution is 4.95. The van der Waals surface area contributed by atoms with Gasteiger partial charge in [-0.15, -0.1) is 0 Å². The SMILES string of the molecule is CC(C)(C)C1CNCCN1CC1CCC2(CCCCC2)O1. The number of nitrogens with one attached hydrogen (secondary N) is 1. The van der Waals surface area contributed by atoms with E-state index in [-0.39, 0.29) is 5.60 Å². The summed E-state index contributed by atoms with van der Waals surface area (Å²) in [6.45, 7) is 11.7. The monoisotopic (exact) mass is 294 g/mol. The van der Waals surface area contributed by atoms with E-state index in [1.54, 1.807) is 0 Å². The van der Waals surface area contributed by atoms with Gasteiger partial charge < -0.3 is 10.1 Å². The highest BCUT2D eigenvalue weighted by atomic mass is 16.5. The van der Waals surface area contributed by atoms with Gasteiger partial charge in [0.2, 0.25) is 0 Å². The van der Waals surface area contributed by atoms with Crippen LogP contribution in [0.3, 0.4) is 0 Å². The Kier molecular flexibility index (Phi) is 4.63. The fourth-order valence-electron chi connectivity index (χ4n) is 4.67. The van der Waals surface area contributed by atoms with E-state index in [4.69, 9.17) is 4.74 Å². The summed E-state index contributed by atoms with van der Waals surface area (Å²) >= 11 is 0. The second-order valence-electron chi connectivity index (χ2n) is 8.60. The molecule has 0 aromatic rings. The fraction of sp³-hybridized carbons (Fsp3) is 1.00. The van der Waals surface area contributed by atoms with Crippen molar-refractivity contribution in [1.29, 1.82) is 0 Å². The molecule has 3 fully saturated rings. The third-order valence-corrected chi connectivity index (χ3v) is 5.90. The minimum Gasteiger partial charge on any atom is -0.370 e. The van der Waals surface area contributed by atoms with Crippen LogP contribution in [0.25, 0.3) is 0 Å². The first-order chi connectivity index (χ1) is 9.99. The highest BCUT2D eigenvalue weighted by Gasteiger charge is 2.42. The van der Waals surface area contributed by atoms with Crippen LogP contribution in [-0.2, 0) is 4.74 Å². The third kappa shape index (κ3) is 3.62. The fourth-order valence-corrected chi connectivity index (χ4v) is 4.67. The van der Waals surface area contributed by atoms with E-state index in [2.05, 4.69) is 31.0 Å². The Hall–Kier alpha value is -0.120. The molecule has 2 atom stereocenters. The van der Waals surface area contributed by atoms with Gasteiger partial charge in [-0.05, 0) is 31.1 Å². The van der Waals surface area contributed by atoms with Crippen LogP contribution in [0.2, 0.25) is 0 Å². The summed E-state index contributed by atoms with van der Waals surface area (Å²) in [4.78, 5) is 2.70. The molecule has 0 aromatic heterocycles. The van der Waals surface area contributed by atoms with Gasteiger partial charge in [0.1, 0.15) is 0 Å². The molecular weight excluding hydrogens is 260 g/mol. The molecule has 0 radical (unpaired) electrons. The van der Waals surface area contributed by atoms with Gasteiger partial charge in [0, 0.05) is 32.2 Å². The van der Waals surface area contributed by atoms with Gasteiger partial charge in [0.25, 0.3) is 0 Å². The van der Waals surface area contributed by atoms with Crippen molar-refractivity contribution in [3.63, 3.8) is 0 Å². The maximum absolute atomic E-state index is 6.59. The van der Waals surface area contributed by atoms with Crippen LogP contribution in [-0.4, -0.2) is 48.8 Å². The number of hydrogen-bond donors (Lipinski definition) is 1. The van der Waals surface area contributed by atoms with Gasteiger partial charge in [0.05, 0.1) is 11.7 Å². The molecule has 0 amide bonds. The summed E-state index contributed by atoms with van der Waals surface area (Å²) in [6, 6.07) is 0.637. The number of nitrogens with zero attached hydrogens (tertiary/aromatic N) is 1. The molecule has 3 heteroatoms. The molecule has 1 spiro atoms. The minimum atomic E-state index is 0.272. The third-order valence-electron chi connectivity index (χ3n) is 5.90.